The number of hydrogen-bond donors (Lipinski definition) is 1. The van der Waals surface area contributed by atoms with Gasteiger partial charge in [-0.2, -0.15) is 0 Å². The predicted octanol–water partition coefficient (Wildman–Crippen LogP) is 4.30. The molecule has 0 radical (unpaired) electrons. The van der Waals surface area contributed by atoms with Crippen molar-refractivity contribution in [2.24, 2.45) is 0 Å². The SMILES string of the molecule is CSc1ccc(CNCC(C)c2ccccc2)cc1. The van der Waals surface area contributed by atoms with Gasteiger partial charge in [0.15, 0.2) is 0 Å². The summed E-state index contributed by atoms with van der Waals surface area (Å²) < 4.78 is 0. The van der Waals surface area contributed by atoms with Crippen LogP contribution in [0.5, 0.6) is 0 Å². The third-order valence-electron chi connectivity index (χ3n) is 3.31. The maximum atomic E-state index is 3.53. The van der Waals surface area contributed by atoms with Crippen molar-refractivity contribution in [3.8, 4) is 0 Å². The van der Waals surface area contributed by atoms with E-state index in [4.69, 9.17) is 0 Å². The van der Waals surface area contributed by atoms with Gasteiger partial charge in [-0.25, -0.2) is 0 Å². The first-order valence-electron chi connectivity index (χ1n) is 6.68. The van der Waals surface area contributed by atoms with Crippen LogP contribution in [0.3, 0.4) is 0 Å². The third-order valence-corrected chi connectivity index (χ3v) is 4.05. The van der Waals surface area contributed by atoms with Crippen LogP contribution in [0.1, 0.15) is 24.0 Å². The lowest BCUT2D eigenvalue weighted by atomic mass is 10.0. The molecule has 1 nitrogen and oxygen atoms in total. The van der Waals surface area contributed by atoms with Crippen LogP contribution >= 0.6 is 11.8 Å². The topological polar surface area (TPSA) is 12.0 Å². The largest absolute Gasteiger partial charge is 0.312 e. The van der Waals surface area contributed by atoms with E-state index in [0.717, 1.165) is 13.1 Å². The minimum Gasteiger partial charge on any atom is -0.312 e. The van der Waals surface area contributed by atoms with Crippen LogP contribution < -0.4 is 5.32 Å². The van der Waals surface area contributed by atoms with Crippen molar-refractivity contribution < 1.29 is 0 Å². The molecule has 2 aromatic carbocycles. The first kappa shape index (κ1) is 14.2. The van der Waals surface area contributed by atoms with Crippen molar-refractivity contribution >= 4 is 11.8 Å². The molecule has 1 N–H and O–H groups in total. The molecular formula is C17H21NS. The maximum Gasteiger partial charge on any atom is 0.0205 e. The van der Waals surface area contributed by atoms with E-state index >= 15 is 0 Å². The fourth-order valence-electron chi connectivity index (χ4n) is 2.08. The lowest BCUT2D eigenvalue weighted by molar-refractivity contribution is 0.615. The zero-order valence-electron chi connectivity index (χ0n) is 11.6. The second kappa shape index (κ2) is 7.37. The summed E-state index contributed by atoms with van der Waals surface area (Å²) in [5, 5.41) is 3.53. The monoisotopic (exact) mass is 271 g/mol. The normalized spacial score (nSPS) is 12.3. The summed E-state index contributed by atoms with van der Waals surface area (Å²) in [7, 11) is 0. The van der Waals surface area contributed by atoms with E-state index in [2.05, 4.69) is 73.1 Å². The van der Waals surface area contributed by atoms with Crippen molar-refractivity contribution in [3.05, 3.63) is 65.7 Å². The summed E-state index contributed by atoms with van der Waals surface area (Å²) in [6.07, 6.45) is 2.11. The zero-order chi connectivity index (χ0) is 13.5. The van der Waals surface area contributed by atoms with Gasteiger partial charge in [0.05, 0.1) is 0 Å². The Morgan fingerprint density at radius 3 is 2.32 bits per heavy atom. The number of hydrogen-bond acceptors (Lipinski definition) is 2. The Bertz CT molecular complexity index is 478. The average Bonchev–Trinajstić information content (AvgIpc) is 2.49. The van der Waals surface area contributed by atoms with Gasteiger partial charge >= 0.3 is 0 Å². The summed E-state index contributed by atoms with van der Waals surface area (Å²) >= 11 is 1.78. The molecule has 0 spiro atoms. The molecule has 0 heterocycles. The van der Waals surface area contributed by atoms with Gasteiger partial charge in [-0.3, -0.25) is 0 Å². The summed E-state index contributed by atoms with van der Waals surface area (Å²) in [5.74, 6) is 0.548. The molecule has 1 atom stereocenters. The number of benzene rings is 2. The van der Waals surface area contributed by atoms with E-state index in [1.165, 1.54) is 16.0 Å². The van der Waals surface area contributed by atoms with Crippen LogP contribution in [0.2, 0.25) is 0 Å². The highest BCUT2D eigenvalue weighted by atomic mass is 32.2. The molecule has 19 heavy (non-hydrogen) atoms. The van der Waals surface area contributed by atoms with Crippen molar-refractivity contribution in [3.63, 3.8) is 0 Å². The van der Waals surface area contributed by atoms with Crippen molar-refractivity contribution in [1.82, 2.24) is 5.32 Å². The van der Waals surface area contributed by atoms with Crippen LogP contribution in [0.4, 0.5) is 0 Å². The summed E-state index contributed by atoms with van der Waals surface area (Å²) in [6.45, 7) is 4.21. The van der Waals surface area contributed by atoms with Gasteiger partial charge in [0.1, 0.15) is 0 Å². The van der Waals surface area contributed by atoms with Gasteiger partial charge in [-0.15, -0.1) is 11.8 Å². The van der Waals surface area contributed by atoms with Crippen LogP contribution in [-0.4, -0.2) is 12.8 Å². The molecule has 0 aromatic heterocycles. The van der Waals surface area contributed by atoms with E-state index < -0.39 is 0 Å². The van der Waals surface area contributed by atoms with E-state index in [1.54, 1.807) is 11.8 Å². The fraction of sp³-hybridized carbons (Fsp3) is 0.294. The summed E-state index contributed by atoms with van der Waals surface area (Å²) in [4.78, 5) is 1.32. The lowest BCUT2D eigenvalue weighted by Crippen LogP contribution is -2.19. The minimum atomic E-state index is 0.548. The van der Waals surface area contributed by atoms with Crippen molar-refractivity contribution in [2.75, 3.05) is 12.8 Å². The summed E-state index contributed by atoms with van der Waals surface area (Å²) in [6, 6.07) is 19.4. The van der Waals surface area contributed by atoms with Gasteiger partial charge < -0.3 is 5.32 Å². The number of rotatable bonds is 6. The molecule has 0 saturated carbocycles. The molecule has 0 aliphatic carbocycles. The molecule has 2 rings (SSSR count). The smallest absolute Gasteiger partial charge is 0.0205 e. The molecule has 0 bridgehead atoms. The van der Waals surface area contributed by atoms with E-state index in [-0.39, 0.29) is 0 Å². The van der Waals surface area contributed by atoms with Crippen LogP contribution in [0, 0.1) is 0 Å². The zero-order valence-corrected chi connectivity index (χ0v) is 12.4. The first-order valence-corrected chi connectivity index (χ1v) is 7.90. The van der Waals surface area contributed by atoms with Gasteiger partial charge in [0.2, 0.25) is 0 Å². The van der Waals surface area contributed by atoms with Crippen LogP contribution in [-0.2, 0) is 6.54 Å². The number of nitrogens with one attached hydrogen (secondary N) is 1. The Hall–Kier alpha value is -1.25. The van der Waals surface area contributed by atoms with Gasteiger partial charge in [0, 0.05) is 18.0 Å². The molecule has 2 heteroatoms. The highest BCUT2D eigenvalue weighted by Crippen LogP contribution is 2.15. The quantitative estimate of drug-likeness (QED) is 0.786. The maximum absolute atomic E-state index is 3.53. The van der Waals surface area contributed by atoms with Crippen molar-refractivity contribution in [2.45, 2.75) is 24.3 Å². The van der Waals surface area contributed by atoms with Gasteiger partial charge in [-0.05, 0) is 35.4 Å². The molecule has 1 unspecified atom stereocenters. The Morgan fingerprint density at radius 2 is 1.68 bits per heavy atom. The first-order chi connectivity index (χ1) is 9.29. The molecule has 0 fully saturated rings. The highest BCUT2D eigenvalue weighted by Gasteiger charge is 2.03. The Morgan fingerprint density at radius 1 is 1.00 bits per heavy atom. The molecule has 100 valence electrons. The van der Waals surface area contributed by atoms with Crippen molar-refractivity contribution in [1.29, 1.82) is 0 Å². The Kier molecular flexibility index (Phi) is 5.49. The highest BCUT2D eigenvalue weighted by molar-refractivity contribution is 7.98. The average molecular weight is 271 g/mol. The molecular weight excluding hydrogens is 250 g/mol. The molecule has 0 saturated heterocycles. The second-order valence-corrected chi connectivity index (χ2v) is 5.67. The fourth-order valence-corrected chi connectivity index (χ4v) is 2.48. The Balaban J connectivity index is 1.79. The molecule has 0 aliphatic rings. The molecule has 2 aromatic rings. The number of thioether (sulfide) groups is 1. The van der Waals surface area contributed by atoms with E-state index in [1.807, 2.05) is 0 Å². The summed E-state index contributed by atoms with van der Waals surface area (Å²) in [5.41, 5.74) is 2.74. The van der Waals surface area contributed by atoms with Gasteiger partial charge in [0.25, 0.3) is 0 Å². The van der Waals surface area contributed by atoms with Crippen LogP contribution in [0.15, 0.2) is 59.5 Å². The molecule has 0 aliphatic heterocycles. The Labute approximate surface area is 120 Å². The third kappa shape index (κ3) is 4.41. The van der Waals surface area contributed by atoms with Crippen LogP contribution in [0.25, 0.3) is 0 Å². The lowest BCUT2D eigenvalue weighted by Gasteiger charge is -2.13. The molecule has 0 amide bonds. The second-order valence-electron chi connectivity index (χ2n) is 4.79. The van der Waals surface area contributed by atoms with E-state index in [9.17, 15) is 0 Å². The minimum absolute atomic E-state index is 0.548. The predicted molar refractivity (Wildman–Crippen MR) is 84.8 cm³/mol. The van der Waals surface area contributed by atoms with Gasteiger partial charge in [-0.1, -0.05) is 49.4 Å². The standard InChI is InChI=1S/C17H21NS/c1-14(16-6-4-3-5-7-16)12-18-13-15-8-10-17(19-2)11-9-15/h3-11,14,18H,12-13H2,1-2H3. The van der Waals surface area contributed by atoms with E-state index in [0.29, 0.717) is 5.92 Å².